The molecule has 1 aromatic carbocycles. The van der Waals surface area contributed by atoms with Crippen LogP contribution in [0.3, 0.4) is 0 Å². The van der Waals surface area contributed by atoms with Crippen molar-refractivity contribution < 1.29 is 9.59 Å². The van der Waals surface area contributed by atoms with Crippen molar-refractivity contribution in [2.24, 2.45) is 0 Å². The molecule has 6 nitrogen and oxygen atoms in total. The fraction of sp³-hybridized carbons (Fsp3) is 0.389. The van der Waals surface area contributed by atoms with Crippen molar-refractivity contribution in [2.75, 3.05) is 10.6 Å². The van der Waals surface area contributed by atoms with Gasteiger partial charge in [0, 0.05) is 24.2 Å². The smallest absolute Gasteiger partial charge is 0.256 e. The Morgan fingerprint density at radius 3 is 2.42 bits per heavy atom. The van der Waals surface area contributed by atoms with Crippen molar-refractivity contribution in [3.63, 3.8) is 0 Å². The molecule has 2 aromatic rings. The maximum Gasteiger partial charge on any atom is 0.256 e. The molecule has 0 aliphatic heterocycles. The molecule has 1 fully saturated rings. The predicted molar refractivity (Wildman–Crippen MR) is 93.0 cm³/mol. The topological polar surface area (TPSA) is 76.0 Å². The minimum Gasteiger partial charge on any atom is -0.326 e. The van der Waals surface area contributed by atoms with E-state index in [1.807, 2.05) is 10.7 Å². The van der Waals surface area contributed by atoms with Crippen LogP contribution in [0.5, 0.6) is 0 Å². The molecular weight excluding hydrogens is 304 g/mol. The summed E-state index contributed by atoms with van der Waals surface area (Å²) in [6.45, 7) is 1.45. The van der Waals surface area contributed by atoms with Gasteiger partial charge < -0.3 is 10.6 Å². The van der Waals surface area contributed by atoms with Crippen molar-refractivity contribution in [1.29, 1.82) is 0 Å². The average Bonchev–Trinajstić information content (AvgIpc) is 3.04. The van der Waals surface area contributed by atoms with Gasteiger partial charge >= 0.3 is 0 Å². The monoisotopic (exact) mass is 326 g/mol. The van der Waals surface area contributed by atoms with Crippen LogP contribution in [0.4, 0.5) is 11.5 Å². The highest BCUT2D eigenvalue weighted by molar-refractivity contribution is 6.04. The first-order valence-corrected chi connectivity index (χ1v) is 8.36. The van der Waals surface area contributed by atoms with Crippen LogP contribution in [0, 0.1) is 0 Å². The Morgan fingerprint density at radius 2 is 1.75 bits per heavy atom. The summed E-state index contributed by atoms with van der Waals surface area (Å²) >= 11 is 0. The van der Waals surface area contributed by atoms with Gasteiger partial charge in [-0.1, -0.05) is 19.3 Å². The Bertz CT molecular complexity index is 715. The number of amides is 2. The molecule has 0 unspecified atom stereocenters. The van der Waals surface area contributed by atoms with Gasteiger partial charge in [0.1, 0.15) is 5.82 Å². The first kappa shape index (κ1) is 16.2. The third kappa shape index (κ3) is 3.82. The van der Waals surface area contributed by atoms with E-state index in [1.165, 1.54) is 26.2 Å². The van der Waals surface area contributed by atoms with Crippen LogP contribution >= 0.6 is 0 Å². The van der Waals surface area contributed by atoms with E-state index in [2.05, 4.69) is 15.7 Å². The summed E-state index contributed by atoms with van der Waals surface area (Å²) < 4.78 is 1.93. The number of aromatic nitrogens is 2. The Hall–Kier alpha value is -2.63. The molecule has 1 saturated carbocycles. The van der Waals surface area contributed by atoms with Crippen LogP contribution in [-0.2, 0) is 4.79 Å². The zero-order valence-electron chi connectivity index (χ0n) is 13.8. The fourth-order valence-corrected chi connectivity index (χ4v) is 3.13. The third-order valence-electron chi connectivity index (χ3n) is 4.30. The van der Waals surface area contributed by atoms with Crippen LogP contribution in [-0.4, -0.2) is 21.6 Å². The number of nitrogens with one attached hydrogen (secondary N) is 2. The Kier molecular flexibility index (Phi) is 4.93. The average molecular weight is 326 g/mol. The molecule has 1 aromatic heterocycles. The van der Waals surface area contributed by atoms with E-state index >= 15 is 0 Å². The number of anilines is 2. The zero-order chi connectivity index (χ0) is 16.9. The number of nitrogens with zero attached hydrogens (tertiary/aromatic N) is 2. The van der Waals surface area contributed by atoms with E-state index in [9.17, 15) is 9.59 Å². The molecule has 0 bridgehead atoms. The SMILES string of the molecule is CC(=O)Nc1ccc(C(=O)Nc2ccnn2C2CCCCC2)cc1. The van der Waals surface area contributed by atoms with E-state index in [1.54, 1.807) is 30.5 Å². The first-order chi connectivity index (χ1) is 11.6. The van der Waals surface area contributed by atoms with E-state index in [-0.39, 0.29) is 11.8 Å². The lowest BCUT2D eigenvalue weighted by molar-refractivity contribution is -0.114. The van der Waals surface area contributed by atoms with Gasteiger partial charge in [-0.15, -0.1) is 0 Å². The van der Waals surface area contributed by atoms with Gasteiger partial charge in [0.05, 0.1) is 12.2 Å². The molecule has 0 saturated heterocycles. The highest BCUT2D eigenvalue weighted by Gasteiger charge is 2.19. The molecular formula is C18H22N4O2. The summed E-state index contributed by atoms with van der Waals surface area (Å²) in [6, 6.07) is 9.03. The van der Waals surface area contributed by atoms with Crippen LogP contribution in [0.25, 0.3) is 0 Å². The maximum absolute atomic E-state index is 12.4. The zero-order valence-corrected chi connectivity index (χ0v) is 13.8. The van der Waals surface area contributed by atoms with Gasteiger partial charge in [0.25, 0.3) is 5.91 Å². The van der Waals surface area contributed by atoms with Crippen molar-refractivity contribution in [1.82, 2.24) is 9.78 Å². The summed E-state index contributed by atoms with van der Waals surface area (Å²) in [5, 5.41) is 10.0. The number of benzene rings is 1. The number of hydrogen-bond donors (Lipinski definition) is 2. The van der Waals surface area contributed by atoms with Crippen LogP contribution < -0.4 is 10.6 Å². The van der Waals surface area contributed by atoms with E-state index in [0.717, 1.165) is 18.7 Å². The second-order valence-electron chi connectivity index (χ2n) is 6.17. The van der Waals surface area contributed by atoms with Gasteiger partial charge in [-0.05, 0) is 37.1 Å². The summed E-state index contributed by atoms with van der Waals surface area (Å²) in [7, 11) is 0. The summed E-state index contributed by atoms with van der Waals surface area (Å²) in [5.41, 5.74) is 1.21. The molecule has 1 aliphatic rings. The number of hydrogen-bond acceptors (Lipinski definition) is 3. The van der Waals surface area contributed by atoms with Crippen LogP contribution in [0.2, 0.25) is 0 Å². The van der Waals surface area contributed by atoms with Gasteiger partial charge in [0.15, 0.2) is 0 Å². The number of carbonyl (C=O) groups is 2. The van der Waals surface area contributed by atoms with E-state index in [0.29, 0.717) is 17.3 Å². The quantitative estimate of drug-likeness (QED) is 0.901. The lowest BCUT2D eigenvalue weighted by atomic mass is 9.96. The molecule has 0 radical (unpaired) electrons. The lowest BCUT2D eigenvalue weighted by Gasteiger charge is -2.23. The van der Waals surface area contributed by atoms with Crippen molar-refractivity contribution in [3.05, 3.63) is 42.1 Å². The van der Waals surface area contributed by atoms with Crippen LogP contribution in [0.1, 0.15) is 55.4 Å². The lowest BCUT2D eigenvalue weighted by Crippen LogP contribution is -2.20. The third-order valence-corrected chi connectivity index (χ3v) is 4.30. The second kappa shape index (κ2) is 7.29. The Labute approximate surface area is 141 Å². The molecule has 0 spiro atoms. The Morgan fingerprint density at radius 1 is 1.04 bits per heavy atom. The second-order valence-corrected chi connectivity index (χ2v) is 6.17. The van der Waals surface area contributed by atoms with E-state index in [4.69, 9.17) is 0 Å². The highest BCUT2D eigenvalue weighted by atomic mass is 16.2. The maximum atomic E-state index is 12.4. The summed E-state index contributed by atoms with van der Waals surface area (Å²) in [6.07, 6.45) is 7.64. The molecule has 2 amide bonds. The molecule has 0 atom stereocenters. The minimum atomic E-state index is -0.179. The summed E-state index contributed by atoms with van der Waals surface area (Å²) in [4.78, 5) is 23.5. The summed E-state index contributed by atoms with van der Waals surface area (Å²) in [5.74, 6) is 0.420. The first-order valence-electron chi connectivity index (χ1n) is 8.36. The largest absolute Gasteiger partial charge is 0.326 e. The van der Waals surface area contributed by atoms with Crippen molar-refractivity contribution in [3.8, 4) is 0 Å². The molecule has 3 rings (SSSR count). The normalized spacial score (nSPS) is 15.0. The minimum absolute atomic E-state index is 0.136. The van der Waals surface area contributed by atoms with Crippen LogP contribution in [0.15, 0.2) is 36.5 Å². The van der Waals surface area contributed by atoms with Gasteiger partial charge in [-0.25, -0.2) is 4.68 Å². The molecule has 126 valence electrons. The number of carbonyl (C=O) groups excluding carboxylic acids is 2. The molecule has 1 aliphatic carbocycles. The van der Waals surface area contributed by atoms with Gasteiger partial charge in [0.2, 0.25) is 5.91 Å². The highest BCUT2D eigenvalue weighted by Crippen LogP contribution is 2.30. The Balaban J connectivity index is 1.69. The fourth-order valence-electron chi connectivity index (χ4n) is 3.13. The molecule has 24 heavy (non-hydrogen) atoms. The molecule has 2 N–H and O–H groups in total. The molecule has 6 heteroatoms. The van der Waals surface area contributed by atoms with Crippen molar-refractivity contribution >= 4 is 23.3 Å². The van der Waals surface area contributed by atoms with Gasteiger partial charge in [-0.2, -0.15) is 5.10 Å². The molecule has 1 heterocycles. The van der Waals surface area contributed by atoms with Crippen molar-refractivity contribution in [2.45, 2.75) is 45.1 Å². The number of rotatable bonds is 4. The standard InChI is InChI=1S/C18H22N4O2/c1-13(23)20-15-9-7-14(8-10-15)18(24)21-17-11-12-19-22(17)16-5-3-2-4-6-16/h7-12,16H,2-6H2,1H3,(H,20,23)(H,21,24). The van der Waals surface area contributed by atoms with Gasteiger partial charge in [-0.3, -0.25) is 9.59 Å². The predicted octanol–water partition coefficient (Wildman–Crippen LogP) is 3.60. The van der Waals surface area contributed by atoms with E-state index < -0.39 is 0 Å².